The fourth-order valence-corrected chi connectivity index (χ4v) is 1.68. The molecule has 2 aromatic heterocycles. The van der Waals surface area contributed by atoms with Crippen LogP contribution in [0.5, 0.6) is 0 Å². The largest absolute Gasteiger partial charge is 0.262 e. The second-order valence-electron chi connectivity index (χ2n) is 4.35. The lowest BCUT2D eigenvalue weighted by atomic mass is 10.3. The summed E-state index contributed by atoms with van der Waals surface area (Å²) in [5, 5.41) is 0. The Morgan fingerprint density at radius 3 is 1.67 bits per heavy atom. The summed E-state index contributed by atoms with van der Waals surface area (Å²) in [6, 6.07) is 6.07. The van der Waals surface area contributed by atoms with Crippen LogP contribution in [-0.2, 0) is 0 Å². The van der Waals surface area contributed by atoms with Crippen molar-refractivity contribution in [2.24, 2.45) is 0 Å². The minimum absolute atomic E-state index is 0.743. The SMILES string of the molecule is Cc1ccnc(C)c1.Cc1ccnc(C)c1I.IC(I)I.ICI. The predicted molar refractivity (Wildman–Crippen MR) is 159 cm³/mol. The second-order valence-corrected chi connectivity index (χ2v) is 20.8. The first-order chi connectivity index (χ1) is 11.1. The lowest BCUT2D eigenvalue weighted by molar-refractivity contribution is 1.15. The number of aryl methyl sites for hydroxylation is 4. The quantitative estimate of drug-likeness (QED) is 0.196. The molecule has 0 aromatic carbocycles. The first-order valence-corrected chi connectivity index (χ1v) is 14.5. The van der Waals surface area contributed by atoms with Crippen molar-refractivity contribution in [2.45, 2.75) is 27.6 Å². The van der Waals surface area contributed by atoms with Crippen LogP contribution in [0, 0.1) is 31.3 Å². The summed E-state index contributed by atoms with van der Waals surface area (Å²) in [6.45, 7) is 8.17. The molecule has 2 nitrogen and oxygen atoms in total. The van der Waals surface area contributed by atoms with Gasteiger partial charge in [-0.15, -0.1) is 0 Å². The van der Waals surface area contributed by atoms with Crippen LogP contribution in [0.25, 0.3) is 0 Å². The van der Waals surface area contributed by atoms with Crippen LogP contribution in [0.2, 0.25) is 0 Å². The van der Waals surface area contributed by atoms with Gasteiger partial charge in [-0.1, -0.05) is 113 Å². The fraction of sp³-hybridized carbons (Fsp3) is 0.375. The fourth-order valence-electron chi connectivity index (χ4n) is 1.36. The van der Waals surface area contributed by atoms with E-state index in [0.29, 0.717) is 0 Å². The molecule has 0 atom stereocenters. The molecular formula is C16H20I6N2. The number of pyridine rings is 2. The number of nitrogens with zero attached hydrogens (tertiary/aromatic N) is 2. The topological polar surface area (TPSA) is 25.8 Å². The third kappa shape index (κ3) is 19.4. The Bertz CT molecular complexity index is 524. The van der Waals surface area contributed by atoms with Gasteiger partial charge in [0.2, 0.25) is 0 Å². The number of aromatic nitrogens is 2. The molecule has 0 radical (unpaired) electrons. The summed E-state index contributed by atoms with van der Waals surface area (Å²) in [5.74, 6) is 0. The Kier molecular flexibility index (Phi) is 22.9. The van der Waals surface area contributed by atoms with Gasteiger partial charge in [-0.2, -0.15) is 0 Å². The molecule has 0 bridgehead atoms. The van der Waals surface area contributed by atoms with Gasteiger partial charge in [0.25, 0.3) is 0 Å². The molecule has 2 heterocycles. The molecule has 2 rings (SSSR count). The van der Waals surface area contributed by atoms with Crippen LogP contribution in [0.4, 0.5) is 0 Å². The Labute approximate surface area is 228 Å². The minimum atomic E-state index is 0.743. The summed E-state index contributed by atoms with van der Waals surface area (Å²) in [7, 11) is 0. The molecule has 0 N–H and O–H groups in total. The Morgan fingerprint density at radius 2 is 1.38 bits per heavy atom. The van der Waals surface area contributed by atoms with Crippen molar-refractivity contribution in [3.8, 4) is 0 Å². The maximum absolute atomic E-state index is 4.13. The van der Waals surface area contributed by atoms with E-state index < -0.39 is 0 Å². The lowest BCUT2D eigenvalue weighted by Crippen LogP contribution is -1.87. The first kappa shape index (κ1) is 28.9. The molecule has 8 heteroatoms. The van der Waals surface area contributed by atoms with Crippen LogP contribution in [0.1, 0.15) is 22.5 Å². The van der Waals surface area contributed by atoms with Crippen molar-refractivity contribution in [2.75, 3.05) is 2.43 Å². The molecule has 0 spiro atoms. The van der Waals surface area contributed by atoms with Crippen LogP contribution in [0.3, 0.4) is 0 Å². The molecule has 24 heavy (non-hydrogen) atoms. The molecule has 2 aromatic rings. The van der Waals surface area contributed by atoms with Crippen molar-refractivity contribution >= 4 is 136 Å². The number of halogens is 6. The van der Waals surface area contributed by atoms with E-state index >= 15 is 0 Å². The van der Waals surface area contributed by atoms with E-state index in [4.69, 9.17) is 0 Å². The van der Waals surface area contributed by atoms with E-state index in [1.165, 1.54) is 17.1 Å². The zero-order valence-corrected chi connectivity index (χ0v) is 26.8. The van der Waals surface area contributed by atoms with Crippen molar-refractivity contribution in [1.29, 1.82) is 0 Å². The van der Waals surface area contributed by atoms with Gasteiger partial charge in [-0.25, -0.2) is 0 Å². The molecule has 136 valence electrons. The monoisotopic (exact) mass is 1000 g/mol. The van der Waals surface area contributed by atoms with Gasteiger partial charge in [-0.05, 0) is 79.6 Å². The van der Waals surface area contributed by atoms with Gasteiger partial charge in [0.05, 0.1) is 8.13 Å². The normalized spacial score (nSPS) is 8.96. The molecule has 0 aliphatic heterocycles. The van der Waals surface area contributed by atoms with E-state index in [-0.39, 0.29) is 0 Å². The van der Waals surface area contributed by atoms with Crippen molar-refractivity contribution in [3.63, 3.8) is 0 Å². The molecule has 0 fully saturated rings. The zero-order valence-electron chi connectivity index (χ0n) is 13.8. The highest BCUT2D eigenvalue weighted by atomic mass is 127. The van der Waals surface area contributed by atoms with E-state index in [1.807, 2.05) is 38.4 Å². The highest BCUT2D eigenvalue weighted by Gasteiger charge is 1.95. The number of alkyl halides is 5. The van der Waals surface area contributed by atoms with Gasteiger partial charge in [0.15, 0.2) is 0 Å². The molecule has 0 amide bonds. The summed E-state index contributed by atoms with van der Waals surface area (Å²) >= 11 is 13.8. The van der Waals surface area contributed by atoms with Crippen molar-refractivity contribution in [1.82, 2.24) is 9.97 Å². The van der Waals surface area contributed by atoms with Gasteiger partial charge in [-0.3, -0.25) is 9.97 Å². The maximum atomic E-state index is 4.13. The predicted octanol–water partition coefficient (Wildman–Crippen LogP) is 8.39. The zero-order chi connectivity index (χ0) is 19.1. The number of hydrogen-bond acceptors (Lipinski definition) is 2. The van der Waals surface area contributed by atoms with Gasteiger partial charge in [0.1, 0.15) is -0.0619 Å². The van der Waals surface area contributed by atoms with Gasteiger partial charge >= 0.3 is 0 Å². The summed E-state index contributed by atoms with van der Waals surface area (Å²) < 4.78 is 3.21. The van der Waals surface area contributed by atoms with Gasteiger partial charge in [0, 0.05) is 21.7 Å². The summed E-state index contributed by atoms with van der Waals surface area (Å²) in [4.78, 5) is 8.17. The average molecular weight is 1000 g/mol. The minimum Gasteiger partial charge on any atom is -0.262 e. The smallest absolute Gasteiger partial charge is 0.114 e. The number of rotatable bonds is 0. The molecule has 0 unspecified atom stereocenters. The highest BCUT2D eigenvalue weighted by molar-refractivity contribution is 14.3. The standard InChI is InChI=1S/C7H8IN.C7H9N.CHI3.CH2I2/c1-5-3-4-9-6(2)7(5)8;1-6-3-4-8-7(2)5-6;2-1(3)4;2-1-3/h3-4H,1-2H3;3-5H,1-2H3;1H;1H2. The molecule has 0 aliphatic carbocycles. The molecule has 0 aliphatic rings. The summed E-state index contributed by atoms with van der Waals surface area (Å²) in [5.41, 5.74) is 4.79. The van der Waals surface area contributed by atoms with E-state index in [0.717, 1.165) is 11.3 Å². The molecule has 0 saturated carbocycles. The van der Waals surface area contributed by atoms with Crippen molar-refractivity contribution < 1.29 is 0 Å². The second kappa shape index (κ2) is 19.0. The first-order valence-electron chi connectivity index (χ1n) is 6.66. The average Bonchev–Trinajstić information content (AvgIpc) is 2.45. The van der Waals surface area contributed by atoms with Crippen LogP contribution in [-0.4, -0.2) is 12.3 Å². The molecule has 0 saturated heterocycles. The van der Waals surface area contributed by atoms with Crippen LogP contribution < -0.4 is 0 Å². The Hall–Kier alpha value is 2.68. The van der Waals surface area contributed by atoms with Crippen LogP contribution >= 0.6 is 136 Å². The Balaban J connectivity index is 0. The highest BCUT2D eigenvalue weighted by Crippen LogP contribution is 2.16. The van der Waals surface area contributed by atoms with E-state index in [9.17, 15) is 0 Å². The number of hydrogen-bond donors (Lipinski definition) is 0. The summed E-state index contributed by atoms with van der Waals surface area (Å²) in [6.07, 6.45) is 3.66. The maximum Gasteiger partial charge on any atom is 0.114 e. The Morgan fingerprint density at radius 1 is 0.917 bits per heavy atom. The van der Waals surface area contributed by atoms with Crippen LogP contribution in [0.15, 0.2) is 30.6 Å². The van der Waals surface area contributed by atoms with E-state index in [2.05, 4.69) is 165 Å². The third-order valence-corrected chi connectivity index (χ3v) is 3.94. The molecular weight excluding hydrogens is 982 g/mol. The lowest BCUT2D eigenvalue weighted by Gasteiger charge is -1.97. The van der Waals surface area contributed by atoms with E-state index in [1.54, 1.807) is 0 Å². The van der Waals surface area contributed by atoms with Crippen molar-refractivity contribution in [3.05, 3.63) is 56.7 Å². The third-order valence-electron chi connectivity index (χ3n) is 2.31. The van der Waals surface area contributed by atoms with Gasteiger partial charge < -0.3 is 0 Å².